The number of methoxy groups -OCH3 is 2. The summed E-state index contributed by atoms with van der Waals surface area (Å²) >= 11 is 0. The molecule has 0 saturated heterocycles. The van der Waals surface area contributed by atoms with Crippen LogP contribution in [0.2, 0.25) is 0 Å². The number of benzene rings is 2. The van der Waals surface area contributed by atoms with Crippen LogP contribution >= 0.6 is 0 Å². The first-order valence-electron chi connectivity index (χ1n) is 7.73. The van der Waals surface area contributed by atoms with Crippen molar-refractivity contribution in [1.29, 1.82) is 0 Å². The third-order valence-electron chi connectivity index (χ3n) is 4.07. The Hall–Kier alpha value is -3.46. The van der Waals surface area contributed by atoms with Crippen molar-refractivity contribution in [2.75, 3.05) is 19.5 Å². The number of fused-ring (bicyclic) bond motifs is 3. The van der Waals surface area contributed by atoms with Gasteiger partial charge in [-0.2, -0.15) is 0 Å². The highest BCUT2D eigenvalue weighted by molar-refractivity contribution is 6.01. The molecule has 0 aliphatic heterocycles. The molecule has 6 nitrogen and oxygen atoms in total. The van der Waals surface area contributed by atoms with E-state index in [-0.39, 0.29) is 0 Å². The second-order valence-electron chi connectivity index (χ2n) is 5.59. The smallest absolute Gasteiger partial charge is 0.184 e. The molecule has 0 unspecified atom stereocenters. The molecule has 0 aliphatic rings. The Kier molecular flexibility index (Phi) is 3.55. The molecule has 2 heterocycles. The number of hydrogen-bond donors (Lipinski definition) is 1. The Morgan fingerprint density at radius 3 is 2.72 bits per heavy atom. The Morgan fingerprint density at radius 1 is 1.04 bits per heavy atom. The molecule has 0 radical (unpaired) electrons. The molecule has 124 valence electrons. The van der Waals surface area contributed by atoms with Crippen LogP contribution in [0, 0.1) is 12.1 Å². The van der Waals surface area contributed by atoms with Gasteiger partial charge in [-0.15, -0.1) is 0 Å². The first-order valence-corrected chi connectivity index (χ1v) is 7.73. The minimum atomic E-state index is 0.539. The fourth-order valence-electron chi connectivity index (χ4n) is 2.77. The van der Waals surface area contributed by atoms with E-state index < -0.39 is 0 Å². The molecule has 4 aromatic rings. The van der Waals surface area contributed by atoms with Gasteiger partial charge in [0.15, 0.2) is 5.82 Å². The second-order valence-corrected chi connectivity index (χ2v) is 5.59. The number of imidazole rings is 1. The quantitative estimate of drug-likeness (QED) is 0.620. The molecule has 0 aliphatic carbocycles. The SMILES string of the molecule is COc1ccc(OC)c(Nc2c#cc3ccc4c(ncn4C)c3n2)c1. The average molecular weight is 332 g/mol. The van der Waals surface area contributed by atoms with Crippen LogP contribution in [0.1, 0.15) is 0 Å². The molecule has 0 saturated carbocycles. The van der Waals surface area contributed by atoms with Gasteiger partial charge in [-0.3, -0.25) is 0 Å². The number of ether oxygens (including phenoxy) is 2. The topological polar surface area (TPSA) is 61.2 Å². The molecule has 0 spiro atoms. The zero-order valence-electron chi connectivity index (χ0n) is 14.1. The monoisotopic (exact) mass is 332 g/mol. The summed E-state index contributed by atoms with van der Waals surface area (Å²) < 4.78 is 12.6. The lowest BCUT2D eigenvalue weighted by molar-refractivity contribution is 0.405. The average Bonchev–Trinajstić information content (AvgIpc) is 3.03. The molecule has 25 heavy (non-hydrogen) atoms. The first-order chi connectivity index (χ1) is 12.2. The molecule has 0 bridgehead atoms. The molecule has 0 amide bonds. The van der Waals surface area contributed by atoms with E-state index in [1.165, 1.54) is 0 Å². The number of aromatic nitrogens is 3. The Balaban J connectivity index is 1.81. The minimum absolute atomic E-state index is 0.539. The van der Waals surface area contributed by atoms with Gasteiger partial charge in [0, 0.05) is 13.1 Å². The number of rotatable bonds is 4. The summed E-state index contributed by atoms with van der Waals surface area (Å²) in [6.45, 7) is 0. The van der Waals surface area contributed by atoms with Crippen molar-refractivity contribution in [2.45, 2.75) is 0 Å². The standard InChI is InChI=1S/C19H16N4O2/c1-23-11-20-19-15(23)7-4-12-5-9-17(22-18(12)19)21-14-10-13(24-2)6-8-16(14)25-3/h4,6-8,10-11H,1-3H3,(H,21,22). The van der Waals surface area contributed by atoms with Crippen LogP contribution in [0.15, 0.2) is 36.7 Å². The molecule has 1 N–H and O–H groups in total. The van der Waals surface area contributed by atoms with Crippen molar-refractivity contribution in [3.63, 3.8) is 0 Å². The molecule has 2 aromatic carbocycles. The van der Waals surface area contributed by atoms with Gasteiger partial charge in [-0.05, 0) is 30.3 Å². The predicted molar refractivity (Wildman–Crippen MR) is 96.5 cm³/mol. The van der Waals surface area contributed by atoms with Gasteiger partial charge >= 0.3 is 0 Å². The molecule has 4 rings (SSSR count). The Labute approximate surface area is 145 Å². The number of nitrogens with zero attached hydrogens (tertiary/aromatic N) is 3. The lowest BCUT2D eigenvalue weighted by Crippen LogP contribution is -1.97. The van der Waals surface area contributed by atoms with E-state index in [9.17, 15) is 0 Å². The van der Waals surface area contributed by atoms with Crippen LogP contribution < -0.4 is 14.8 Å². The summed E-state index contributed by atoms with van der Waals surface area (Å²) in [7, 11) is 5.20. The van der Waals surface area contributed by atoms with Crippen molar-refractivity contribution < 1.29 is 9.47 Å². The molecular formula is C19H16N4O2. The molecule has 2 aromatic heterocycles. The fourth-order valence-corrected chi connectivity index (χ4v) is 2.77. The van der Waals surface area contributed by atoms with Crippen LogP contribution in [0.4, 0.5) is 11.5 Å². The summed E-state index contributed by atoms with van der Waals surface area (Å²) in [5.41, 5.74) is 3.38. The predicted octanol–water partition coefficient (Wildman–Crippen LogP) is 3.48. The molecular weight excluding hydrogens is 316 g/mol. The highest BCUT2D eigenvalue weighted by Gasteiger charge is 2.09. The maximum atomic E-state index is 5.39. The summed E-state index contributed by atoms with van der Waals surface area (Å²) in [4.78, 5) is 9.12. The molecule has 0 fully saturated rings. The Bertz CT molecular complexity index is 1070. The number of hydrogen-bond acceptors (Lipinski definition) is 5. The largest absolute Gasteiger partial charge is 0.497 e. The normalized spacial score (nSPS) is 10.7. The zero-order valence-corrected chi connectivity index (χ0v) is 14.1. The van der Waals surface area contributed by atoms with Crippen molar-refractivity contribution >= 4 is 33.4 Å². The van der Waals surface area contributed by atoms with E-state index in [4.69, 9.17) is 9.47 Å². The summed E-state index contributed by atoms with van der Waals surface area (Å²) in [5, 5.41) is 4.09. The second kappa shape index (κ2) is 5.87. The van der Waals surface area contributed by atoms with Gasteiger partial charge in [0.25, 0.3) is 0 Å². The summed E-state index contributed by atoms with van der Waals surface area (Å²) in [5.74, 6) is 1.95. The van der Waals surface area contributed by atoms with E-state index in [1.54, 1.807) is 20.5 Å². The zero-order chi connectivity index (χ0) is 17.4. The lowest BCUT2D eigenvalue weighted by atomic mass is 10.2. The highest BCUT2D eigenvalue weighted by Crippen LogP contribution is 2.31. The van der Waals surface area contributed by atoms with E-state index in [1.807, 2.05) is 41.9 Å². The lowest BCUT2D eigenvalue weighted by Gasteiger charge is -2.11. The fraction of sp³-hybridized carbons (Fsp3) is 0.158. The maximum Gasteiger partial charge on any atom is 0.184 e. The maximum absolute atomic E-state index is 5.39. The van der Waals surface area contributed by atoms with E-state index >= 15 is 0 Å². The van der Waals surface area contributed by atoms with E-state index in [0.717, 1.165) is 33.4 Å². The third kappa shape index (κ3) is 2.56. The van der Waals surface area contributed by atoms with Gasteiger partial charge in [-0.25, -0.2) is 9.97 Å². The van der Waals surface area contributed by atoms with Crippen LogP contribution in [0.25, 0.3) is 21.9 Å². The van der Waals surface area contributed by atoms with Gasteiger partial charge in [-0.1, -0.05) is 6.07 Å². The van der Waals surface area contributed by atoms with Crippen LogP contribution in [0.3, 0.4) is 0 Å². The Morgan fingerprint density at radius 2 is 1.92 bits per heavy atom. The van der Waals surface area contributed by atoms with Crippen LogP contribution in [0.5, 0.6) is 11.5 Å². The van der Waals surface area contributed by atoms with Crippen molar-refractivity contribution in [3.8, 4) is 11.5 Å². The van der Waals surface area contributed by atoms with Crippen LogP contribution in [-0.4, -0.2) is 28.8 Å². The van der Waals surface area contributed by atoms with Crippen LogP contribution in [-0.2, 0) is 7.05 Å². The highest BCUT2D eigenvalue weighted by atomic mass is 16.5. The number of nitrogens with one attached hydrogen (secondary N) is 1. The molecule has 0 atom stereocenters. The molecule has 6 heteroatoms. The first kappa shape index (κ1) is 15.1. The van der Waals surface area contributed by atoms with Gasteiger partial charge in [0.2, 0.25) is 0 Å². The van der Waals surface area contributed by atoms with Gasteiger partial charge < -0.3 is 19.4 Å². The van der Waals surface area contributed by atoms with Crippen molar-refractivity contribution in [3.05, 3.63) is 48.8 Å². The summed E-state index contributed by atoms with van der Waals surface area (Å²) in [6, 6.07) is 15.7. The minimum Gasteiger partial charge on any atom is -0.497 e. The summed E-state index contributed by atoms with van der Waals surface area (Å²) in [6.07, 6.45) is 1.78. The van der Waals surface area contributed by atoms with Gasteiger partial charge in [0.05, 0.1) is 37.1 Å². The van der Waals surface area contributed by atoms with Gasteiger partial charge in [0.1, 0.15) is 22.5 Å². The van der Waals surface area contributed by atoms with E-state index in [2.05, 4.69) is 27.4 Å². The number of aryl methyl sites for hydroxylation is 1. The van der Waals surface area contributed by atoms with Crippen molar-refractivity contribution in [1.82, 2.24) is 14.5 Å². The number of anilines is 2. The van der Waals surface area contributed by atoms with E-state index in [0.29, 0.717) is 11.6 Å². The van der Waals surface area contributed by atoms with Crippen molar-refractivity contribution in [2.24, 2.45) is 7.05 Å². The third-order valence-corrected chi connectivity index (χ3v) is 4.07.